The summed E-state index contributed by atoms with van der Waals surface area (Å²) in [5, 5.41) is 4.09. The number of pyridine rings is 1. The fourth-order valence-electron chi connectivity index (χ4n) is 3.58. The molecule has 5 aromatic rings. The molecule has 2 N–H and O–H groups in total. The average Bonchev–Trinajstić information content (AvgIpc) is 3.17. The monoisotopic (exact) mass is 491 g/mol. The van der Waals surface area contributed by atoms with Gasteiger partial charge in [0.15, 0.2) is 0 Å². The number of aromatic nitrogens is 3. The van der Waals surface area contributed by atoms with E-state index in [-0.39, 0.29) is 16.5 Å². The standard InChI is InChI=1S/C24H18FN5O2S2/c1-15-21(16-5-7-17(25)8-6-16)22-23(27-14-28-24(22)33-15)29-18-9-11-19(12-10-18)34(31,32)30-20-4-2-3-13-26-20/h2-14H,1H3,(H,26,30)(H,27,28,29). The van der Waals surface area contributed by atoms with Gasteiger partial charge in [-0.2, -0.15) is 0 Å². The first-order chi connectivity index (χ1) is 16.4. The highest BCUT2D eigenvalue weighted by Gasteiger charge is 2.18. The summed E-state index contributed by atoms with van der Waals surface area (Å²) in [7, 11) is -3.78. The average molecular weight is 492 g/mol. The van der Waals surface area contributed by atoms with Crippen molar-refractivity contribution in [3.63, 3.8) is 0 Å². The van der Waals surface area contributed by atoms with E-state index in [1.807, 2.05) is 6.92 Å². The predicted octanol–water partition coefficient (Wildman–Crippen LogP) is 5.75. The zero-order valence-corrected chi connectivity index (χ0v) is 19.5. The van der Waals surface area contributed by atoms with Crippen LogP contribution in [0.5, 0.6) is 0 Å². The van der Waals surface area contributed by atoms with Gasteiger partial charge in [-0.1, -0.05) is 18.2 Å². The fraction of sp³-hybridized carbons (Fsp3) is 0.0417. The molecule has 0 atom stereocenters. The number of rotatable bonds is 6. The molecule has 2 aromatic carbocycles. The molecule has 170 valence electrons. The van der Waals surface area contributed by atoms with Crippen LogP contribution in [-0.2, 0) is 10.0 Å². The number of hydrogen-bond donors (Lipinski definition) is 2. The molecule has 0 spiro atoms. The maximum absolute atomic E-state index is 13.5. The van der Waals surface area contributed by atoms with Crippen molar-refractivity contribution in [2.45, 2.75) is 11.8 Å². The summed E-state index contributed by atoms with van der Waals surface area (Å²) >= 11 is 1.53. The van der Waals surface area contributed by atoms with Gasteiger partial charge in [0.05, 0.1) is 10.3 Å². The normalized spacial score (nSPS) is 11.5. The Kier molecular flexibility index (Phi) is 5.68. The number of nitrogens with zero attached hydrogens (tertiary/aromatic N) is 3. The van der Waals surface area contributed by atoms with E-state index in [1.54, 1.807) is 42.5 Å². The maximum atomic E-state index is 13.5. The van der Waals surface area contributed by atoms with E-state index in [0.29, 0.717) is 11.5 Å². The number of benzene rings is 2. The molecule has 0 bridgehead atoms. The van der Waals surface area contributed by atoms with Crippen LogP contribution in [0.25, 0.3) is 21.3 Å². The van der Waals surface area contributed by atoms with Crippen molar-refractivity contribution in [3.05, 3.63) is 89.9 Å². The van der Waals surface area contributed by atoms with Gasteiger partial charge in [-0.25, -0.2) is 27.8 Å². The van der Waals surface area contributed by atoms with E-state index < -0.39 is 10.0 Å². The zero-order chi connectivity index (χ0) is 23.7. The predicted molar refractivity (Wildman–Crippen MR) is 132 cm³/mol. The lowest BCUT2D eigenvalue weighted by Gasteiger charge is -2.11. The number of aryl methyl sites for hydroxylation is 1. The van der Waals surface area contributed by atoms with Crippen molar-refractivity contribution in [1.82, 2.24) is 15.0 Å². The number of fused-ring (bicyclic) bond motifs is 1. The lowest BCUT2D eigenvalue weighted by Crippen LogP contribution is -2.13. The van der Waals surface area contributed by atoms with Gasteiger partial charge in [-0.3, -0.25) is 4.72 Å². The second-order valence-electron chi connectivity index (χ2n) is 7.41. The maximum Gasteiger partial charge on any atom is 0.263 e. The number of sulfonamides is 1. The summed E-state index contributed by atoms with van der Waals surface area (Å²) in [6, 6.07) is 17.6. The summed E-state index contributed by atoms with van der Waals surface area (Å²) in [6.07, 6.45) is 2.99. The van der Waals surface area contributed by atoms with Crippen LogP contribution in [0.4, 0.5) is 21.7 Å². The molecule has 0 saturated heterocycles. The SMILES string of the molecule is Cc1sc2ncnc(Nc3ccc(S(=O)(=O)Nc4ccccn4)cc3)c2c1-c1ccc(F)cc1. The summed E-state index contributed by atoms with van der Waals surface area (Å²) in [6.45, 7) is 1.99. The lowest BCUT2D eigenvalue weighted by atomic mass is 10.0. The minimum Gasteiger partial charge on any atom is -0.340 e. The van der Waals surface area contributed by atoms with Crippen LogP contribution in [0.15, 0.2) is 84.1 Å². The Morgan fingerprint density at radius 1 is 0.912 bits per heavy atom. The zero-order valence-electron chi connectivity index (χ0n) is 17.9. The first-order valence-electron chi connectivity index (χ1n) is 10.2. The van der Waals surface area contributed by atoms with E-state index in [1.165, 1.54) is 48.1 Å². The minimum absolute atomic E-state index is 0.106. The number of anilines is 3. The molecule has 34 heavy (non-hydrogen) atoms. The Hall–Kier alpha value is -3.89. The molecule has 0 aliphatic carbocycles. The van der Waals surface area contributed by atoms with Crippen molar-refractivity contribution in [3.8, 4) is 11.1 Å². The summed E-state index contributed by atoms with van der Waals surface area (Å²) < 4.78 is 41.2. The van der Waals surface area contributed by atoms with Crippen LogP contribution in [0, 0.1) is 12.7 Å². The smallest absolute Gasteiger partial charge is 0.263 e. The molecule has 3 heterocycles. The molecule has 0 radical (unpaired) electrons. The van der Waals surface area contributed by atoms with Gasteiger partial charge in [0, 0.05) is 22.3 Å². The largest absolute Gasteiger partial charge is 0.340 e. The van der Waals surface area contributed by atoms with Gasteiger partial charge in [0.25, 0.3) is 10.0 Å². The summed E-state index contributed by atoms with van der Waals surface area (Å²) in [5.41, 5.74) is 2.46. The van der Waals surface area contributed by atoms with Crippen molar-refractivity contribution < 1.29 is 12.8 Å². The van der Waals surface area contributed by atoms with Crippen LogP contribution < -0.4 is 10.0 Å². The van der Waals surface area contributed by atoms with E-state index in [9.17, 15) is 12.8 Å². The Bertz CT molecular complexity index is 1570. The molecule has 0 aliphatic heterocycles. The number of thiophene rings is 1. The Balaban J connectivity index is 1.46. The van der Waals surface area contributed by atoms with E-state index in [2.05, 4.69) is 25.0 Å². The van der Waals surface area contributed by atoms with Gasteiger partial charge < -0.3 is 5.32 Å². The van der Waals surface area contributed by atoms with E-state index >= 15 is 0 Å². The topological polar surface area (TPSA) is 96.9 Å². The van der Waals surface area contributed by atoms with Gasteiger partial charge >= 0.3 is 0 Å². The minimum atomic E-state index is -3.78. The Morgan fingerprint density at radius 2 is 1.68 bits per heavy atom. The second-order valence-corrected chi connectivity index (χ2v) is 10.3. The molecule has 0 fully saturated rings. The van der Waals surface area contributed by atoms with E-state index in [0.717, 1.165) is 26.2 Å². The van der Waals surface area contributed by atoms with Gasteiger partial charge in [0.1, 0.15) is 28.6 Å². The third-order valence-electron chi connectivity index (χ3n) is 5.13. The highest BCUT2D eigenvalue weighted by molar-refractivity contribution is 7.92. The van der Waals surface area contributed by atoms with Gasteiger partial charge in [0.2, 0.25) is 0 Å². The Labute approximate surface area is 199 Å². The van der Waals surface area contributed by atoms with Crippen LogP contribution in [0.2, 0.25) is 0 Å². The van der Waals surface area contributed by atoms with Crippen molar-refractivity contribution in [1.29, 1.82) is 0 Å². The number of hydrogen-bond acceptors (Lipinski definition) is 7. The second kappa shape index (κ2) is 8.81. The first kappa shape index (κ1) is 21.9. The third-order valence-corrected chi connectivity index (χ3v) is 7.51. The van der Waals surface area contributed by atoms with E-state index in [4.69, 9.17) is 0 Å². The molecule has 7 nitrogen and oxygen atoms in total. The van der Waals surface area contributed by atoms with Crippen LogP contribution in [0.1, 0.15) is 4.88 Å². The third kappa shape index (κ3) is 4.33. The molecule has 0 amide bonds. The van der Waals surface area contributed by atoms with Crippen LogP contribution in [-0.4, -0.2) is 23.4 Å². The highest BCUT2D eigenvalue weighted by atomic mass is 32.2. The summed E-state index contributed by atoms with van der Waals surface area (Å²) in [4.78, 5) is 14.7. The molecule has 0 saturated carbocycles. The lowest BCUT2D eigenvalue weighted by molar-refractivity contribution is 0.601. The van der Waals surface area contributed by atoms with Crippen molar-refractivity contribution in [2.75, 3.05) is 10.0 Å². The molecular formula is C24H18FN5O2S2. The van der Waals surface area contributed by atoms with Crippen molar-refractivity contribution in [2.24, 2.45) is 0 Å². The number of halogens is 1. The Morgan fingerprint density at radius 3 is 2.38 bits per heavy atom. The fourth-order valence-corrected chi connectivity index (χ4v) is 5.60. The molecule has 10 heteroatoms. The van der Waals surface area contributed by atoms with Crippen LogP contribution in [0.3, 0.4) is 0 Å². The number of nitrogens with one attached hydrogen (secondary N) is 2. The van der Waals surface area contributed by atoms with Crippen molar-refractivity contribution >= 4 is 48.9 Å². The van der Waals surface area contributed by atoms with Gasteiger partial charge in [-0.15, -0.1) is 11.3 Å². The molecule has 5 rings (SSSR count). The quantitative estimate of drug-likeness (QED) is 0.314. The van der Waals surface area contributed by atoms with Gasteiger partial charge in [-0.05, 0) is 61.0 Å². The molecule has 3 aromatic heterocycles. The highest BCUT2D eigenvalue weighted by Crippen LogP contribution is 2.41. The first-order valence-corrected chi connectivity index (χ1v) is 12.5. The molecular weight excluding hydrogens is 473 g/mol. The van der Waals surface area contributed by atoms with Crippen LogP contribution >= 0.6 is 11.3 Å². The molecule has 0 aliphatic rings. The molecule has 0 unspecified atom stereocenters. The summed E-state index contributed by atoms with van der Waals surface area (Å²) in [5.74, 6) is 0.522.